The van der Waals surface area contributed by atoms with E-state index < -0.39 is 17.8 Å². The second kappa shape index (κ2) is 15.6. The minimum Gasteiger partial charge on any atom is -0.494 e. The molecule has 0 aromatic heterocycles. The molecule has 9 nitrogen and oxygen atoms in total. The van der Waals surface area contributed by atoms with Crippen LogP contribution in [0.3, 0.4) is 0 Å². The molecule has 0 spiro atoms. The number of hydrogen-bond acceptors (Lipinski definition) is 6. The Hall–Kier alpha value is -5.31. The summed E-state index contributed by atoms with van der Waals surface area (Å²) < 4.78 is 17.7. The van der Waals surface area contributed by atoms with Crippen molar-refractivity contribution in [3.8, 4) is 17.2 Å². The first kappa shape index (κ1) is 30.6. The van der Waals surface area contributed by atoms with E-state index in [0.717, 1.165) is 29.9 Å². The Morgan fingerprint density at radius 3 is 2.02 bits per heavy atom. The quantitative estimate of drug-likeness (QED) is 0.126. The molecule has 0 heterocycles. The number of ether oxygens (including phenoxy) is 3. The number of nitrogens with one attached hydrogen (secondary N) is 1. The van der Waals surface area contributed by atoms with Crippen LogP contribution in [0.2, 0.25) is 0 Å². The van der Waals surface area contributed by atoms with E-state index in [2.05, 4.69) is 5.32 Å². The molecule has 4 rings (SSSR count). The van der Waals surface area contributed by atoms with E-state index in [1.165, 1.54) is 36.4 Å². The summed E-state index contributed by atoms with van der Waals surface area (Å²) in [5.74, 6) is -1.05. The molecule has 9 heteroatoms. The third-order valence-electron chi connectivity index (χ3n) is 6.47. The minimum atomic E-state index is -1.19. The first-order valence-corrected chi connectivity index (χ1v) is 13.9. The number of anilines is 1. The minimum absolute atomic E-state index is 0.00916. The molecular weight excluding hydrogens is 550 g/mol. The van der Waals surface area contributed by atoms with E-state index in [4.69, 9.17) is 14.2 Å². The monoisotopic (exact) mass is 583 g/mol. The number of carbonyl (C=O) groups is 3. The summed E-state index contributed by atoms with van der Waals surface area (Å²) in [6.07, 6.45) is 3.01. The first-order valence-electron chi connectivity index (χ1n) is 13.9. The van der Waals surface area contributed by atoms with Crippen LogP contribution in [0, 0.1) is 0 Å². The number of amides is 1. The fourth-order valence-corrected chi connectivity index (χ4v) is 4.28. The molecule has 43 heavy (non-hydrogen) atoms. The Morgan fingerprint density at radius 2 is 1.26 bits per heavy atom. The van der Waals surface area contributed by atoms with Gasteiger partial charge in [0.25, 0.3) is 5.91 Å². The molecule has 0 aliphatic carbocycles. The summed E-state index contributed by atoms with van der Waals surface area (Å²) in [4.78, 5) is 35.9. The normalized spacial score (nSPS) is 10.5. The third kappa shape index (κ3) is 9.36. The third-order valence-corrected chi connectivity index (χ3v) is 6.47. The van der Waals surface area contributed by atoms with Crippen LogP contribution in [-0.4, -0.2) is 47.9 Å². The zero-order valence-corrected chi connectivity index (χ0v) is 23.5. The molecule has 0 aliphatic rings. The Kier molecular flexibility index (Phi) is 11.1. The maximum absolute atomic E-state index is 13.1. The molecule has 0 atom stereocenters. The van der Waals surface area contributed by atoms with Crippen molar-refractivity contribution in [2.75, 3.05) is 25.1 Å². The number of para-hydroxylation sites is 2. The second-order valence-electron chi connectivity index (χ2n) is 9.63. The molecule has 4 aromatic carbocycles. The average Bonchev–Trinajstić information content (AvgIpc) is 3.02. The fourth-order valence-electron chi connectivity index (χ4n) is 4.28. The van der Waals surface area contributed by atoms with E-state index in [9.17, 15) is 24.6 Å². The van der Waals surface area contributed by atoms with Gasteiger partial charge in [-0.2, -0.15) is 0 Å². The number of hydrogen-bond donors (Lipinski definition) is 3. The van der Waals surface area contributed by atoms with Gasteiger partial charge in [-0.3, -0.25) is 4.79 Å². The number of carboxylic acids is 2. The van der Waals surface area contributed by atoms with Crippen LogP contribution < -0.4 is 19.5 Å². The van der Waals surface area contributed by atoms with Gasteiger partial charge in [-0.1, -0.05) is 42.5 Å². The lowest BCUT2D eigenvalue weighted by molar-refractivity contribution is 0.0686. The molecule has 0 radical (unpaired) electrons. The van der Waals surface area contributed by atoms with Crippen molar-refractivity contribution in [2.24, 2.45) is 0 Å². The van der Waals surface area contributed by atoms with E-state index in [0.29, 0.717) is 26.1 Å². The molecule has 0 saturated heterocycles. The maximum Gasteiger partial charge on any atom is 0.335 e. The number of aryl methyl sites for hydroxylation is 1. The van der Waals surface area contributed by atoms with Crippen LogP contribution in [0.15, 0.2) is 97.1 Å². The van der Waals surface area contributed by atoms with Gasteiger partial charge in [-0.05, 0) is 85.8 Å². The van der Waals surface area contributed by atoms with E-state index in [-0.39, 0.29) is 34.7 Å². The Balaban J connectivity index is 1.29. The number of unbranched alkanes of at least 4 members (excludes halogenated alkanes) is 1. The van der Waals surface area contributed by atoms with Gasteiger partial charge < -0.3 is 29.7 Å². The highest BCUT2D eigenvalue weighted by Gasteiger charge is 2.17. The van der Waals surface area contributed by atoms with Gasteiger partial charge in [0.05, 0.1) is 36.5 Å². The Morgan fingerprint density at radius 1 is 0.605 bits per heavy atom. The van der Waals surface area contributed by atoms with Crippen molar-refractivity contribution in [2.45, 2.75) is 25.7 Å². The summed E-state index contributed by atoms with van der Waals surface area (Å²) in [5, 5.41) is 21.3. The van der Waals surface area contributed by atoms with Gasteiger partial charge in [0.15, 0.2) is 0 Å². The van der Waals surface area contributed by atoms with Crippen molar-refractivity contribution in [1.82, 2.24) is 0 Å². The maximum atomic E-state index is 13.1. The summed E-state index contributed by atoms with van der Waals surface area (Å²) in [6.45, 7) is 1.45. The number of carbonyl (C=O) groups excluding carboxylic acids is 1. The molecule has 1 amide bonds. The highest BCUT2D eigenvalue weighted by atomic mass is 16.5. The van der Waals surface area contributed by atoms with Crippen molar-refractivity contribution < 1.29 is 38.8 Å². The molecule has 0 saturated carbocycles. The lowest BCUT2D eigenvalue weighted by Crippen LogP contribution is -2.15. The largest absolute Gasteiger partial charge is 0.494 e. The van der Waals surface area contributed by atoms with E-state index in [1.54, 1.807) is 6.07 Å². The van der Waals surface area contributed by atoms with Gasteiger partial charge >= 0.3 is 11.9 Å². The van der Waals surface area contributed by atoms with Crippen LogP contribution in [0.4, 0.5) is 5.69 Å². The van der Waals surface area contributed by atoms with E-state index in [1.807, 2.05) is 54.6 Å². The lowest BCUT2D eigenvalue weighted by atomic mass is 10.1. The average molecular weight is 584 g/mol. The van der Waals surface area contributed by atoms with Crippen molar-refractivity contribution in [1.29, 1.82) is 0 Å². The highest BCUT2D eigenvalue weighted by Crippen LogP contribution is 2.24. The molecule has 0 bridgehead atoms. The molecule has 0 fully saturated rings. The highest BCUT2D eigenvalue weighted by molar-refractivity contribution is 6.08. The number of benzene rings is 4. The molecular formula is C34H33NO8. The molecule has 0 aliphatic heterocycles. The zero-order valence-electron chi connectivity index (χ0n) is 23.5. The lowest BCUT2D eigenvalue weighted by Gasteiger charge is -2.14. The van der Waals surface area contributed by atoms with Crippen LogP contribution in [0.25, 0.3) is 0 Å². The first-order chi connectivity index (χ1) is 20.9. The second-order valence-corrected chi connectivity index (χ2v) is 9.63. The standard InChI is InChI=1S/C34H33NO8/c36-32(35-27-13-8-11-25(22-27)33(37)38)29-23-26(34(39)40)17-18-31(29)43-21-9-12-24-10-4-5-16-30(24)42-20-7-6-19-41-28-14-2-1-3-15-28/h1-5,8,10-11,13-18,22-23H,6-7,9,12,19-21H2,(H,35,36)(H,37,38)(H,39,40). The summed E-state index contributed by atoms with van der Waals surface area (Å²) in [5.41, 5.74) is 1.26. The van der Waals surface area contributed by atoms with Gasteiger partial charge in [0, 0.05) is 5.69 Å². The van der Waals surface area contributed by atoms with Gasteiger partial charge in [0.1, 0.15) is 17.2 Å². The van der Waals surface area contributed by atoms with Gasteiger partial charge in [-0.25, -0.2) is 9.59 Å². The molecule has 3 N–H and O–H groups in total. The van der Waals surface area contributed by atoms with Gasteiger partial charge in [0.2, 0.25) is 0 Å². The predicted molar refractivity (Wildman–Crippen MR) is 162 cm³/mol. The summed E-state index contributed by atoms with van der Waals surface area (Å²) in [7, 11) is 0. The van der Waals surface area contributed by atoms with Crippen LogP contribution >= 0.6 is 0 Å². The van der Waals surface area contributed by atoms with Crippen LogP contribution in [0.1, 0.15) is 55.9 Å². The molecule has 0 unspecified atom stereocenters. The number of carboxylic acid groups (broad SMARTS) is 2. The Bertz CT molecular complexity index is 1540. The topological polar surface area (TPSA) is 131 Å². The zero-order chi connectivity index (χ0) is 30.4. The van der Waals surface area contributed by atoms with Gasteiger partial charge in [-0.15, -0.1) is 0 Å². The molecule has 4 aromatic rings. The van der Waals surface area contributed by atoms with Crippen molar-refractivity contribution in [3.63, 3.8) is 0 Å². The Labute approximate surface area is 249 Å². The molecule has 222 valence electrons. The summed E-state index contributed by atoms with van der Waals surface area (Å²) >= 11 is 0. The van der Waals surface area contributed by atoms with E-state index >= 15 is 0 Å². The van der Waals surface area contributed by atoms with Crippen LogP contribution in [0.5, 0.6) is 17.2 Å². The fraction of sp³-hybridized carbons (Fsp3) is 0.206. The number of rotatable bonds is 16. The smallest absolute Gasteiger partial charge is 0.335 e. The SMILES string of the molecule is O=C(O)c1cccc(NC(=O)c2cc(C(=O)O)ccc2OCCCc2ccccc2OCCCCOc2ccccc2)c1. The van der Waals surface area contributed by atoms with Crippen LogP contribution in [-0.2, 0) is 6.42 Å². The predicted octanol–water partition coefficient (Wildman–Crippen LogP) is 6.58. The van der Waals surface area contributed by atoms with Crippen molar-refractivity contribution >= 4 is 23.5 Å². The summed E-state index contributed by atoms with van der Waals surface area (Å²) in [6, 6.07) is 27.3. The van der Waals surface area contributed by atoms with Crippen molar-refractivity contribution in [3.05, 3.63) is 119 Å². The number of aromatic carboxylic acids is 2.